The highest BCUT2D eigenvalue weighted by atomic mass is 79.9. The first kappa shape index (κ1) is 12.1. The zero-order valence-electron chi connectivity index (χ0n) is 10.4. The number of benzene rings is 1. The van der Waals surface area contributed by atoms with Gasteiger partial charge in [-0.2, -0.15) is 5.10 Å². The summed E-state index contributed by atoms with van der Waals surface area (Å²) in [5.74, 6) is 0.807. The van der Waals surface area contributed by atoms with E-state index in [1.54, 1.807) is 10.9 Å². The highest BCUT2D eigenvalue weighted by molar-refractivity contribution is 9.10. The summed E-state index contributed by atoms with van der Waals surface area (Å²) >= 11 is 3.37. The first-order valence-corrected chi connectivity index (χ1v) is 6.75. The van der Waals surface area contributed by atoms with Gasteiger partial charge in [-0.1, -0.05) is 29.8 Å². The highest BCUT2D eigenvalue weighted by Gasteiger charge is 2.04. The van der Waals surface area contributed by atoms with Crippen LogP contribution in [0, 0.1) is 6.92 Å². The van der Waals surface area contributed by atoms with Gasteiger partial charge in [0.05, 0.1) is 6.20 Å². The SMILES string of the molecule is Cc1ccc(-c2cnn(-c3ccc(Br)cn3)c2)cc1. The van der Waals surface area contributed by atoms with Gasteiger partial charge >= 0.3 is 0 Å². The molecule has 0 atom stereocenters. The van der Waals surface area contributed by atoms with E-state index in [0.717, 1.165) is 21.4 Å². The van der Waals surface area contributed by atoms with E-state index in [4.69, 9.17) is 0 Å². The topological polar surface area (TPSA) is 30.7 Å². The van der Waals surface area contributed by atoms with Crippen LogP contribution >= 0.6 is 15.9 Å². The molecule has 0 aliphatic heterocycles. The van der Waals surface area contributed by atoms with Crippen molar-refractivity contribution >= 4 is 15.9 Å². The summed E-state index contributed by atoms with van der Waals surface area (Å²) < 4.78 is 2.74. The lowest BCUT2D eigenvalue weighted by atomic mass is 10.1. The molecule has 94 valence electrons. The Morgan fingerprint density at radius 2 is 1.74 bits per heavy atom. The lowest BCUT2D eigenvalue weighted by molar-refractivity contribution is 0.846. The lowest BCUT2D eigenvalue weighted by Gasteiger charge is -2.00. The van der Waals surface area contributed by atoms with E-state index < -0.39 is 0 Å². The monoisotopic (exact) mass is 313 g/mol. The number of hydrogen-bond acceptors (Lipinski definition) is 2. The van der Waals surface area contributed by atoms with Crippen LogP contribution in [0.15, 0.2) is 59.5 Å². The normalized spacial score (nSPS) is 10.6. The predicted octanol–water partition coefficient (Wildman–Crippen LogP) is 4.01. The van der Waals surface area contributed by atoms with E-state index in [9.17, 15) is 0 Å². The summed E-state index contributed by atoms with van der Waals surface area (Å²) in [5.41, 5.74) is 3.50. The van der Waals surface area contributed by atoms with Crippen molar-refractivity contribution in [2.75, 3.05) is 0 Å². The lowest BCUT2D eigenvalue weighted by Crippen LogP contribution is -1.96. The van der Waals surface area contributed by atoms with E-state index in [1.165, 1.54) is 5.56 Å². The Morgan fingerprint density at radius 1 is 0.947 bits per heavy atom. The molecule has 0 saturated heterocycles. The van der Waals surface area contributed by atoms with E-state index in [2.05, 4.69) is 57.2 Å². The van der Waals surface area contributed by atoms with Crippen molar-refractivity contribution in [3.63, 3.8) is 0 Å². The quantitative estimate of drug-likeness (QED) is 0.715. The van der Waals surface area contributed by atoms with E-state index in [0.29, 0.717) is 0 Å². The van der Waals surface area contributed by atoms with E-state index >= 15 is 0 Å². The number of aryl methyl sites for hydroxylation is 1. The molecule has 4 heteroatoms. The molecule has 0 spiro atoms. The van der Waals surface area contributed by atoms with Gasteiger partial charge in [-0.25, -0.2) is 9.67 Å². The first-order chi connectivity index (χ1) is 9.22. The molecule has 0 aliphatic carbocycles. The van der Waals surface area contributed by atoms with Gasteiger partial charge in [0.25, 0.3) is 0 Å². The second-order valence-corrected chi connectivity index (χ2v) is 5.29. The summed E-state index contributed by atoms with van der Waals surface area (Å²) in [5, 5.41) is 4.35. The largest absolute Gasteiger partial charge is 0.236 e. The fraction of sp³-hybridized carbons (Fsp3) is 0.0667. The molecule has 2 heterocycles. The average Bonchev–Trinajstić information content (AvgIpc) is 2.90. The van der Waals surface area contributed by atoms with Crippen LogP contribution in [-0.4, -0.2) is 14.8 Å². The minimum absolute atomic E-state index is 0.807. The van der Waals surface area contributed by atoms with Crippen molar-refractivity contribution in [2.24, 2.45) is 0 Å². The average molecular weight is 314 g/mol. The van der Waals surface area contributed by atoms with Crippen LogP contribution in [0.4, 0.5) is 0 Å². The number of nitrogens with zero attached hydrogens (tertiary/aromatic N) is 3. The molecule has 3 aromatic rings. The molecular formula is C15H12BrN3. The molecule has 0 saturated carbocycles. The summed E-state index contributed by atoms with van der Waals surface area (Å²) in [6.07, 6.45) is 5.61. The van der Waals surface area contributed by atoms with Crippen molar-refractivity contribution < 1.29 is 0 Å². The third-order valence-electron chi connectivity index (χ3n) is 2.91. The third kappa shape index (κ3) is 2.58. The molecule has 0 aliphatic rings. The van der Waals surface area contributed by atoms with Crippen LogP contribution in [0.5, 0.6) is 0 Å². The maximum atomic E-state index is 4.35. The molecule has 19 heavy (non-hydrogen) atoms. The van der Waals surface area contributed by atoms with Gasteiger partial charge in [-0.15, -0.1) is 0 Å². The Labute approximate surface area is 120 Å². The highest BCUT2D eigenvalue weighted by Crippen LogP contribution is 2.20. The standard InChI is InChI=1S/C15H12BrN3/c1-11-2-4-12(5-3-11)13-8-18-19(10-13)15-7-6-14(16)9-17-15/h2-10H,1H3. The molecule has 0 bridgehead atoms. The van der Waals surface area contributed by atoms with E-state index in [-0.39, 0.29) is 0 Å². The van der Waals surface area contributed by atoms with Gasteiger partial charge in [0, 0.05) is 22.4 Å². The van der Waals surface area contributed by atoms with Crippen LogP contribution in [0.2, 0.25) is 0 Å². The van der Waals surface area contributed by atoms with Crippen LogP contribution in [-0.2, 0) is 0 Å². The van der Waals surface area contributed by atoms with E-state index in [1.807, 2.05) is 24.5 Å². The molecular weight excluding hydrogens is 302 g/mol. The van der Waals surface area contributed by atoms with Crippen LogP contribution in [0.25, 0.3) is 16.9 Å². The van der Waals surface area contributed by atoms with Gasteiger partial charge in [0.1, 0.15) is 0 Å². The van der Waals surface area contributed by atoms with Crippen LogP contribution < -0.4 is 0 Å². The predicted molar refractivity (Wildman–Crippen MR) is 79.2 cm³/mol. The molecule has 0 radical (unpaired) electrons. The second-order valence-electron chi connectivity index (χ2n) is 4.37. The Bertz CT molecular complexity index is 624. The molecule has 2 aromatic heterocycles. The number of halogens is 1. The number of rotatable bonds is 2. The third-order valence-corrected chi connectivity index (χ3v) is 3.38. The Morgan fingerprint density at radius 3 is 2.42 bits per heavy atom. The number of pyridine rings is 1. The molecule has 3 rings (SSSR count). The van der Waals surface area contributed by atoms with Gasteiger partial charge < -0.3 is 0 Å². The zero-order chi connectivity index (χ0) is 13.2. The van der Waals surface area contributed by atoms with Gasteiger partial charge in [0.2, 0.25) is 0 Å². The Kier molecular flexibility index (Phi) is 3.17. The maximum Gasteiger partial charge on any atom is 0.153 e. The fourth-order valence-electron chi connectivity index (χ4n) is 1.85. The van der Waals surface area contributed by atoms with Crippen molar-refractivity contribution in [1.82, 2.24) is 14.8 Å². The molecule has 0 fully saturated rings. The van der Waals surface area contributed by atoms with Crippen LogP contribution in [0.3, 0.4) is 0 Å². The van der Waals surface area contributed by atoms with Gasteiger partial charge in [0.15, 0.2) is 5.82 Å². The smallest absolute Gasteiger partial charge is 0.153 e. The fourth-order valence-corrected chi connectivity index (χ4v) is 2.08. The Balaban J connectivity index is 1.95. The minimum Gasteiger partial charge on any atom is -0.236 e. The van der Waals surface area contributed by atoms with Crippen LogP contribution in [0.1, 0.15) is 5.56 Å². The minimum atomic E-state index is 0.807. The molecule has 1 aromatic carbocycles. The first-order valence-electron chi connectivity index (χ1n) is 5.96. The summed E-state index contributed by atoms with van der Waals surface area (Å²) in [4.78, 5) is 4.32. The Hall–Kier alpha value is -1.94. The maximum absolute atomic E-state index is 4.35. The van der Waals surface area contributed by atoms with Gasteiger partial charge in [-0.05, 0) is 40.5 Å². The second kappa shape index (κ2) is 4.97. The van der Waals surface area contributed by atoms with Crippen molar-refractivity contribution in [3.05, 3.63) is 65.0 Å². The van der Waals surface area contributed by atoms with Gasteiger partial charge in [-0.3, -0.25) is 0 Å². The number of hydrogen-bond donors (Lipinski definition) is 0. The molecule has 0 amide bonds. The number of aromatic nitrogens is 3. The molecule has 0 N–H and O–H groups in total. The zero-order valence-corrected chi connectivity index (χ0v) is 12.0. The van der Waals surface area contributed by atoms with Crippen molar-refractivity contribution in [1.29, 1.82) is 0 Å². The molecule has 0 unspecified atom stereocenters. The van der Waals surface area contributed by atoms with Crippen molar-refractivity contribution in [3.8, 4) is 16.9 Å². The summed E-state index contributed by atoms with van der Waals surface area (Å²) in [6.45, 7) is 2.08. The summed E-state index contributed by atoms with van der Waals surface area (Å²) in [6, 6.07) is 12.3. The molecule has 3 nitrogen and oxygen atoms in total. The van der Waals surface area contributed by atoms with Crippen molar-refractivity contribution in [2.45, 2.75) is 6.92 Å². The summed E-state index contributed by atoms with van der Waals surface area (Å²) in [7, 11) is 0.